The normalized spacial score (nSPS) is 24.0. The Morgan fingerprint density at radius 1 is 0.863 bits per heavy atom. The number of anilines is 3. The second kappa shape index (κ2) is 21.2. The zero-order valence-corrected chi connectivity index (χ0v) is 43.0. The number of β-amino-alcohol motifs (C(OH)–C–C–N with tert-alkyl or cyclic N) is 1. The summed E-state index contributed by atoms with van der Waals surface area (Å²) in [6.07, 6.45) is 9.71. The number of nitrogen functional groups attached to an aromatic ring is 1. The number of aryl methyl sites for hydroxylation is 1. The first-order valence-electron chi connectivity index (χ1n) is 25.8. The predicted molar refractivity (Wildman–Crippen MR) is 282 cm³/mol. The van der Waals surface area contributed by atoms with Crippen molar-refractivity contribution in [3.63, 3.8) is 0 Å². The van der Waals surface area contributed by atoms with Crippen molar-refractivity contribution in [2.75, 3.05) is 67.9 Å². The number of para-hydroxylation sites is 1. The summed E-state index contributed by atoms with van der Waals surface area (Å²) in [5, 5.41) is 32.6. The molecule has 4 aliphatic heterocycles. The molecule has 2 aromatic carbocycles. The lowest BCUT2D eigenvalue weighted by molar-refractivity contribution is -0.134. The van der Waals surface area contributed by atoms with Gasteiger partial charge in [0.15, 0.2) is 5.82 Å². The Morgan fingerprint density at radius 2 is 1.55 bits per heavy atom. The molecule has 10 rings (SSSR count). The van der Waals surface area contributed by atoms with Gasteiger partial charge in [0.25, 0.3) is 11.8 Å². The number of phenolic OH excluding ortho intramolecular Hbond substituents is 1. The molecule has 19 heteroatoms. The number of carbonyl (C=O) groups is 3. The van der Waals surface area contributed by atoms with Crippen molar-refractivity contribution in [2.45, 2.75) is 115 Å². The molecule has 2 bridgehead atoms. The van der Waals surface area contributed by atoms with Crippen LogP contribution in [0.5, 0.6) is 5.75 Å². The van der Waals surface area contributed by atoms with Crippen molar-refractivity contribution in [3.8, 4) is 27.4 Å². The van der Waals surface area contributed by atoms with Crippen molar-refractivity contribution < 1.29 is 24.6 Å². The molecule has 1 aliphatic carbocycles. The van der Waals surface area contributed by atoms with Crippen LogP contribution in [-0.4, -0.2) is 156 Å². The number of phenols is 1. The van der Waals surface area contributed by atoms with E-state index in [9.17, 15) is 24.6 Å². The van der Waals surface area contributed by atoms with E-state index in [2.05, 4.69) is 45.1 Å². The van der Waals surface area contributed by atoms with E-state index < -0.39 is 23.5 Å². The molecule has 4 saturated heterocycles. The number of amides is 3. The van der Waals surface area contributed by atoms with Gasteiger partial charge in [-0.15, -0.1) is 21.5 Å². The number of piperazine rings is 2. The van der Waals surface area contributed by atoms with Crippen LogP contribution in [0.3, 0.4) is 0 Å². The topological polar surface area (TPSA) is 223 Å². The van der Waals surface area contributed by atoms with Gasteiger partial charge in [-0.2, -0.15) is 0 Å². The Hall–Kier alpha value is -6.41. The van der Waals surface area contributed by atoms with E-state index in [1.165, 1.54) is 10.5 Å². The highest BCUT2D eigenvalue weighted by atomic mass is 32.1. The molecule has 73 heavy (non-hydrogen) atoms. The van der Waals surface area contributed by atoms with E-state index in [4.69, 9.17) is 15.7 Å². The Morgan fingerprint density at radius 3 is 2.21 bits per heavy atom. The number of aromatic hydroxyl groups is 1. The molecule has 0 spiro atoms. The van der Waals surface area contributed by atoms with Gasteiger partial charge in [-0.1, -0.05) is 57.2 Å². The first-order chi connectivity index (χ1) is 35.2. The maximum absolute atomic E-state index is 14.2. The van der Waals surface area contributed by atoms with Crippen LogP contribution in [0.25, 0.3) is 21.7 Å². The van der Waals surface area contributed by atoms with Gasteiger partial charge >= 0.3 is 0 Å². The summed E-state index contributed by atoms with van der Waals surface area (Å²) in [6.45, 7) is 12.6. The van der Waals surface area contributed by atoms with Crippen LogP contribution in [-0.2, 0) is 20.9 Å². The zero-order chi connectivity index (χ0) is 51.0. The van der Waals surface area contributed by atoms with Crippen LogP contribution < -0.4 is 20.9 Å². The second-order valence-corrected chi connectivity index (χ2v) is 22.4. The van der Waals surface area contributed by atoms with E-state index in [1.54, 1.807) is 23.5 Å². The number of aliphatic imine (C=N–C) groups is 1. The van der Waals surface area contributed by atoms with E-state index in [1.807, 2.05) is 88.1 Å². The first kappa shape index (κ1) is 50.1. The smallest absolute Gasteiger partial charge is 0.269 e. The monoisotopic (exact) mass is 1010 g/mol. The third-order valence-corrected chi connectivity index (χ3v) is 16.5. The fourth-order valence-corrected chi connectivity index (χ4v) is 12.4. The number of aliphatic hydroxyl groups excluding tert-OH is 1. The molecule has 0 radical (unpaired) electrons. The highest BCUT2D eigenvalue weighted by molar-refractivity contribution is 7.13. The number of likely N-dealkylation sites (tertiary alicyclic amines) is 1. The van der Waals surface area contributed by atoms with Gasteiger partial charge in [-0.05, 0) is 86.3 Å². The van der Waals surface area contributed by atoms with Crippen LogP contribution in [0.15, 0.2) is 77.5 Å². The number of nitrogens with zero attached hydrogens (tertiary/aromatic N) is 11. The van der Waals surface area contributed by atoms with Crippen LogP contribution >= 0.6 is 11.3 Å². The molecule has 5 N–H and O–H groups in total. The van der Waals surface area contributed by atoms with Gasteiger partial charge < -0.3 is 36.0 Å². The van der Waals surface area contributed by atoms with Crippen molar-refractivity contribution >= 4 is 52.2 Å². The SMILES string of the molecule is Cc1ncsc1-c1ccc(CNC(=O)[C@@H]2C[C@@H](O)CN2C(=O)/C(=N/C(=O)CN2CCN([C@H]3CC[C@H](c4cnc(N5C6CCC5CN(c5cc(-c7ccccc7O)nnc5N)C6)nc4)CC3)CC2)C(C)(C)C)cc1. The fourth-order valence-electron chi connectivity index (χ4n) is 11.6. The lowest BCUT2D eigenvalue weighted by Crippen LogP contribution is -2.54. The molecule has 5 fully saturated rings. The van der Waals surface area contributed by atoms with Crippen LogP contribution in [0.4, 0.5) is 17.5 Å². The van der Waals surface area contributed by atoms with Gasteiger partial charge in [0.1, 0.15) is 17.5 Å². The molecule has 4 atom stereocenters. The third kappa shape index (κ3) is 11.0. The number of benzene rings is 2. The van der Waals surface area contributed by atoms with Gasteiger partial charge in [-0.3, -0.25) is 24.2 Å². The average molecular weight is 1010 g/mol. The standard InChI is InChI=1S/C54H67N13O5S/c1-33-48(73-32-59-33)36-11-9-34(10-12-36)25-56-51(71)45-23-41(68)30-66(45)52(72)49(54(2,3)4)60-47(70)31-63-19-21-64(22-20-63)38-15-13-35(14-16-38)37-26-57-53(58-27-37)67-39-17-18-40(67)29-65(28-39)44-24-43(61-62-50(44)55)42-7-5-6-8-46(42)69/h5-12,24,26-27,32,35,38-41,45,68-69H,13-23,25,28-31H2,1-4H3,(H2,55,62)(H,56,71)/b60-49-/t35-,38-,39?,40?,41-,45+/m1/s1. The summed E-state index contributed by atoms with van der Waals surface area (Å²) in [4.78, 5) is 71.9. The summed E-state index contributed by atoms with van der Waals surface area (Å²) >= 11 is 1.58. The summed E-state index contributed by atoms with van der Waals surface area (Å²) in [7, 11) is 0. The van der Waals surface area contributed by atoms with Crippen molar-refractivity contribution in [1.82, 2.24) is 45.2 Å². The Bertz CT molecular complexity index is 2810. The minimum absolute atomic E-state index is 0.0122. The fraction of sp³-hybridized carbons (Fsp3) is 0.500. The van der Waals surface area contributed by atoms with Crippen molar-refractivity contribution in [1.29, 1.82) is 0 Å². The average Bonchev–Trinajstić information content (AvgIpc) is 4.08. The van der Waals surface area contributed by atoms with Crippen LogP contribution in [0, 0.1) is 12.3 Å². The number of fused-ring (bicyclic) bond motifs is 2. The highest BCUT2D eigenvalue weighted by Crippen LogP contribution is 2.40. The number of rotatable bonds is 12. The number of thiazole rings is 1. The van der Waals surface area contributed by atoms with Gasteiger partial charge in [0.05, 0.1) is 40.1 Å². The van der Waals surface area contributed by atoms with Gasteiger partial charge in [-0.25, -0.2) is 19.9 Å². The van der Waals surface area contributed by atoms with Gasteiger partial charge in [0.2, 0.25) is 11.9 Å². The quantitative estimate of drug-likeness (QED) is 0.114. The molecule has 18 nitrogen and oxygen atoms in total. The van der Waals surface area contributed by atoms with Crippen LogP contribution in [0.2, 0.25) is 0 Å². The number of hydrogen-bond acceptors (Lipinski definition) is 16. The third-order valence-electron chi connectivity index (χ3n) is 15.6. The Labute approximate surface area is 430 Å². The molecule has 3 aromatic heterocycles. The van der Waals surface area contributed by atoms with E-state index in [0.717, 1.165) is 111 Å². The molecular weight excluding hydrogens is 943 g/mol. The number of aromatic nitrogens is 5. The van der Waals surface area contributed by atoms with Crippen molar-refractivity contribution in [3.05, 3.63) is 89.3 Å². The number of nitrogens with two attached hydrogens (primary N) is 1. The number of aliphatic hydroxyl groups is 1. The summed E-state index contributed by atoms with van der Waals surface area (Å²) < 4.78 is 0. The number of carbonyl (C=O) groups excluding carboxylic acids is 3. The molecule has 7 heterocycles. The van der Waals surface area contributed by atoms with Crippen molar-refractivity contribution in [2.24, 2.45) is 10.4 Å². The lowest BCUT2D eigenvalue weighted by atomic mass is 9.82. The lowest BCUT2D eigenvalue weighted by Gasteiger charge is -2.42. The minimum atomic E-state index is -0.887. The molecule has 384 valence electrons. The molecule has 5 aliphatic rings. The van der Waals surface area contributed by atoms with Gasteiger partial charge in [0, 0.05) is 100 Å². The first-order valence-corrected chi connectivity index (χ1v) is 26.7. The summed E-state index contributed by atoms with van der Waals surface area (Å²) in [5.41, 5.74) is 13.7. The zero-order valence-electron chi connectivity index (χ0n) is 42.2. The largest absolute Gasteiger partial charge is 0.507 e. The number of hydrogen-bond donors (Lipinski definition) is 4. The maximum atomic E-state index is 14.2. The minimum Gasteiger partial charge on any atom is -0.507 e. The molecule has 5 aromatic rings. The molecular formula is C54H67N13O5S. The summed E-state index contributed by atoms with van der Waals surface area (Å²) in [5.74, 6) is 0.473. The van der Waals surface area contributed by atoms with E-state index in [0.29, 0.717) is 29.0 Å². The van der Waals surface area contributed by atoms with E-state index in [-0.39, 0.29) is 61.4 Å². The Kier molecular flexibility index (Phi) is 14.6. The Balaban J connectivity index is 0.683. The molecule has 3 amide bonds. The second-order valence-electron chi connectivity index (χ2n) is 21.5. The molecule has 2 unspecified atom stereocenters. The summed E-state index contributed by atoms with van der Waals surface area (Å²) in [6, 6.07) is 17.1. The van der Waals surface area contributed by atoms with Crippen LogP contribution in [0.1, 0.15) is 88.5 Å². The number of nitrogens with one attached hydrogen (secondary N) is 1. The van der Waals surface area contributed by atoms with E-state index >= 15 is 0 Å². The highest BCUT2D eigenvalue weighted by Gasteiger charge is 2.44. The molecule has 1 saturated carbocycles. The maximum Gasteiger partial charge on any atom is 0.269 e. The predicted octanol–water partition coefficient (Wildman–Crippen LogP) is 5.45.